The van der Waals surface area contributed by atoms with Crippen molar-refractivity contribution in [1.82, 2.24) is 24.5 Å². The molecule has 2 atom stereocenters. The number of hydrogen-bond acceptors (Lipinski definition) is 7. The van der Waals surface area contributed by atoms with Gasteiger partial charge in [-0.1, -0.05) is 23.7 Å². The number of nitrogens with zero attached hydrogens (tertiary/aromatic N) is 5. The number of aromatic hydroxyl groups is 1. The van der Waals surface area contributed by atoms with Gasteiger partial charge in [0.05, 0.1) is 11.9 Å². The summed E-state index contributed by atoms with van der Waals surface area (Å²) in [6.45, 7) is 3.59. The molecule has 1 amide bonds. The number of aryl methyl sites for hydroxylation is 2. The average Bonchev–Trinajstić information content (AvgIpc) is 3.43. The molecule has 2 N–H and O–H groups in total. The first-order chi connectivity index (χ1) is 16.6. The van der Waals surface area contributed by atoms with Crippen molar-refractivity contribution in [3.63, 3.8) is 0 Å². The van der Waals surface area contributed by atoms with E-state index in [2.05, 4.69) is 25.1 Å². The Hall–Kier alpha value is -3.99. The number of aromatic nitrogens is 5. The molecule has 4 aromatic rings. The molecule has 0 aliphatic rings. The van der Waals surface area contributed by atoms with E-state index < -0.39 is 40.6 Å². The van der Waals surface area contributed by atoms with Crippen molar-refractivity contribution in [2.45, 2.75) is 25.7 Å². The van der Waals surface area contributed by atoms with E-state index >= 15 is 0 Å². The Labute approximate surface area is 204 Å². The Morgan fingerprint density at radius 2 is 2.03 bits per heavy atom. The summed E-state index contributed by atoms with van der Waals surface area (Å²) >= 11 is 6.49. The van der Waals surface area contributed by atoms with E-state index in [1.807, 2.05) is 6.92 Å². The second-order valence-electron chi connectivity index (χ2n) is 8.17. The molecule has 0 bridgehead atoms. The monoisotopic (exact) mass is 500 g/mol. The van der Waals surface area contributed by atoms with Gasteiger partial charge in [-0.15, -0.1) is 0 Å². The molecular weight excluding hydrogens is 479 g/mol. The molecule has 0 saturated carbocycles. The Morgan fingerprint density at radius 3 is 2.66 bits per heavy atom. The molecule has 1 aromatic carbocycles. The zero-order chi connectivity index (χ0) is 25.4. The van der Waals surface area contributed by atoms with Crippen LogP contribution in [-0.2, 0) is 14.1 Å². The minimum Gasteiger partial charge on any atom is -0.501 e. The third kappa shape index (κ3) is 4.54. The van der Waals surface area contributed by atoms with E-state index in [-0.39, 0.29) is 11.5 Å². The molecule has 0 saturated heterocycles. The molecule has 182 valence electrons. The summed E-state index contributed by atoms with van der Waals surface area (Å²) in [6, 6.07) is 4.04. The van der Waals surface area contributed by atoms with E-state index in [9.17, 15) is 19.1 Å². The summed E-state index contributed by atoms with van der Waals surface area (Å²) in [5.74, 6) is -3.12. The van der Waals surface area contributed by atoms with Crippen molar-refractivity contribution in [1.29, 1.82) is 0 Å². The van der Waals surface area contributed by atoms with Gasteiger partial charge in [0.1, 0.15) is 23.6 Å². The molecule has 3 aromatic heterocycles. The highest BCUT2D eigenvalue weighted by Crippen LogP contribution is 2.41. The maximum absolute atomic E-state index is 14.3. The number of rotatable bonds is 6. The van der Waals surface area contributed by atoms with Gasteiger partial charge in [0, 0.05) is 42.7 Å². The van der Waals surface area contributed by atoms with E-state index in [1.165, 1.54) is 37.7 Å². The number of anilines is 1. The van der Waals surface area contributed by atoms with Gasteiger partial charge < -0.3 is 14.9 Å². The quantitative estimate of drug-likeness (QED) is 0.414. The van der Waals surface area contributed by atoms with Crippen molar-refractivity contribution in [2.75, 3.05) is 5.32 Å². The first-order valence-electron chi connectivity index (χ1n) is 10.5. The Balaban J connectivity index is 1.88. The number of hydrogen-bond donors (Lipinski definition) is 2. The molecule has 0 aliphatic carbocycles. The van der Waals surface area contributed by atoms with Crippen molar-refractivity contribution >= 4 is 23.2 Å². The molecule has 0 spiro atoms. The molecule has 4 rings (SSSR count). The summed E-state index contributed by atoms with van der Waals surface area (Å²) in [5, 5.41) is 21.1. The largest absolute Gasteiger partial charge is 0.501 e. The van der Waals surface area contributed by atoms with Crippen LogP contribution in [0, 0.1) is 12.7 Å². The molecule has 0 fully saturated rings. The molecule has 35 heavy (non-hydrogen) atoms. The number of benzene rings is 1. The minimum absolute atomic E-state index is 0.178. The fourth-order valence-electron chi connectivity index (χ4n) is 4.16. The second kappa shape index (κ2) is 9.34. The summed E-state index contributed by atoms with van der Waals surface area (Å²) in [6.07, 6.45) is 4.23. The molecule has 0 radical (unpaired) electrons. The predicted molar refractivity (Wildman–Crippen MR) is 125 cm³/mol. The Morgan fingerprint density at radius 1 is 1.29 bits per heavy atom. The number of carbonyl (C=O) groups excluding carboxylic acids is 1. The average molecular weight is 501 g/mol. The maximum atomic E-state index is 14.3. The molecule has 0 unspecified atom stereocenters. The first kappa shape index (κ1) is 24.1. The highest BCUT2D eigenvalue weighted by molar-refractivity contribution is 6.31. The smallest absolute Gasteiger partial charge is 0.296 e. The van der Waals surface area contributed by atoms with Gasteiger partial charge in [-0.3, -0.25) is 18.8 Å². The van der Waals surface area contributed by atoms with Crippen LogP contribution < -0.4 is 10.9 Å². The molecule has 12 heteroatoms. The van der Waals surface area contributed by atoms with Gasteiger partial charge >= 0.3 is 0 Å². The molecule has 0 aliphatic heterocycles. The van der Waals surface area contributed by atoms with E-state index in [4.69, 9.17) is 11.6 Å². The van der Waals surface area contributed by atoms with Crippen LogP contribution in [0.15, 0.2) is 46.2 Å². The molecule has 3 heterocycles. The van der Waals surface area contributed by atoms with Gasteiger partial charge in [-0.25, -0.2) is 9.37 Å². The Kier molecular flexibility index (Phi) is 6.44. The van der Waals surface area contributed by atoms with Gasteiger partial charge in [0.15, 0.2) is 5.69 Å². The zero-order valence-electron chi connectivity index (χ0n) is 19.3. The van der Waals surface area contributed by atoms with Crippen molar-refractivity contribution in [2.24, 2.45) is 14.1 Å². The lowest BCUT2D eigenvalue weighted by Crippen LogP contribution is -2.29. The fraction of sp³-hybridized carbons (Fsp3) is 0.261. The Bertz CT molecular complexity index is 1460. The predicted octanol–water partition coefficient (Wildman–Crippen LogP) is 3.50. The summed E-state index contributed by atoms with van der Waals surface area (Å²) in [4.78, 5) is 30.0. The first-order valence-corrected chi connectivity index (χ1v) is 10.9. The summed E-state index contributed by atoms with van der Waals surface area (Å²) < 4.78 is 21.8. The lowest BCUT2D eigenvalue weighted by molar-refractivity contribution is 0.101. The van der Waals surface area contributed by atoms with E-state index in [0.29, 0.717) is 16.3 Å². The van der Waals surface area contributed by atoms with Gasteiger partial charge in [0.2, 0.25) is 5.75 Å². The van der Waals surface area contributed by atoms with Crippen LogP contribution in [0.3, 0.4) is 0 Å². The van der Waals surface area contributed by atoms with Gasteiger partial charge in [-0.2, -0.15) is 5.10 Å². The van der Waals surface area contributed by atoms with Crippen molar-refractivity contribution in [3.8, 4) is 5.75 Å². The van der Waals surface area contributed by atoms with Crippen LogP contribution in [0.25, 0.3) is 0 Å². The lowest BCUT2D eigenvalue weighted by atomic mass is 9.81. The highest BCUT2D eigenvalue weighted by Gasteiger charge is 2.32. The third-order valence-electron chi connectivity index (χ3n) is 5.79. The van der Waals surface area contributed by atoms with Crippen LogP contribution in [0.4, 0.5) is 10.1 Å². The van der Waals surface area contributed by atoms with Crippen LogP contribution in [0.2, 0.25) is 5.02 Å². The third-order valence-corrected chi connectivity index (χ3v) is 6.14. The maximum Gasteiger partial charge on any atom is 0.296 e. The number of amides is 1. The van der Waals surface area contributed by atoms with Crippen molar-refractivity contribution in [3.05, 3.63) is 86.4 Å². The van der Waals surface area contributed by atoms with Crippen LogP contribution in [0.5, 0.6) is 5.75 Å². The summed E-state index contributed by atoms with van der Waals surface area (Å²) in [5.41, 5.74) is 0.826. The highest BCUT2D eigenvalue weighted by atomic mass is 35.5. The number of nitrogens with one attached hydrogen (secondary N) is 1. The minimum atomic E-state index is -0.824. The van der Waals surface area contributed by atoms with Crippen LogP contribution in [0.1, 0.15) is 51.9 Å². The normalized spacial score (nSPS) is 13.0. The standard InChI is InChI=1S/C23H22ClFN6O4/c1-11(18(16-9-30(3)29-12(16)2)15-7-13(25)5-6-17(15)24)21-28-19(20(32)23(34)31(21)4)22(33)27-14-8-26-35-10-14/h5-11,18,32H,1-4H3,(H,27,33)/t11-,18+/m0/s1. The topological polar surface area (TPSA) is 128 Å². The van der Waals surface area contributed by atoms with E-state index in [1.54, 1.807) is 24.9 Å². The van der Waals surface area contributed by atoms with Gasteiger partial charge in [-0.05, 0) is 30.7 Å². The number of halogens is 2. The molecular formula is C23H22ClFN6O4. The SMILES string of the molecule is Cc1nn(C)cc1[C@@H](c1cc(F)ccc1Cl)[C@H](C)c1nc(C(=O)Nc2cnoc2)c(O)c(=O)n1C. The van der Waals surface area contributed by atoms with Crippen LogP contribution >= 0.6 is 11.6 Å². The van der Waals surface area contributed by atoms with Crippen molar-refractivity contribution < 1.29 is 18.8 Å². The fourth-order valence-corrected chi connectivity index (χ4v) is 4.40. The second-order valence-corrected chi connectivity index (χ2v) is 8.58. The summed E-state index contributed by atoms with van der Waals surface area (Å²) in [7, 11) is 3.19. The lowest BCUT2D eigenvalue weighted by Gasteiger charge is -2.26. The van der Waals surface area contributed by atoms with E-state index in [0.717, 1.165) is 10.1 Å². The zero-order valence-corrected chi connectivity index (χ0v) is 20.0. The van der Waals surface area contributed by atoms with Crippen LogP contribution in [-0.4, -0.2) is 35.5 Å². The number of carbonyl (C=O) groups is 1. The van der Waals surface area contributed by atoms with Gasteiger partial charge in [0.25, 0.3) is 11.5 Å². The molecule has 10 nitrogen and oxygen atoms in total.